The quantitative estimate of drug-likeness (QED) is 0.374. The van der Waals surface area contributed by atoms with Gasteiger partial charge in [-0.1, -0.05) is 32.0 Å². The summed E-state index contributed by atoms with van der Waals surface area (Å²) in [5, 5.41) is 13.9. The minimum absolute atomic E-state index is 0.0641. The number of aromatic amines is 1. The molecule has 8 nitrogen and oxygen atoms in total. The minimum atomic E-state index is -0.220. The number of benzene rings is 1. The number of tetrazole rings is 1. The molecule has 3 heterocycles. The molecule has 0 aliphatic heterocycles. The molecule has 0 aliphatic rings. The van der Waals surface area contributed by atoms with E-state index in [1.54, 1.807) is 6.20 Å². The summed E-state index contributed by atoms with van der Waals surface area (Å²) in [6.07, 6.45) is 5.33. The fourth-order valence-electron chi connectivity index (χ4n) is 4.50. The van der Waals surface area contributed by atoms with Crippen molar-refractivity contribution in [2.45, 2.75) is 79.1 Å². The normalized spacial score (nSPS) is 13.0. The lowest BCUT2D eigenvalue weighted by Gasteiger charge is -2.33. The number of nitrogens with zero attached hydrogens (tertiary/aromatic N) is 6. The van der Waals surface area contributed by atoms with E-state index in [1.165, 1.54) is 0 Å². The predicted octanol–water partition coefficient (Wildman–Crippen LogP) is 4.83. The van der Waals surface area contributed by atoms with Crippen LogP contribution in [0, 0.1) is 13.8 Å². The van der Waals surface area contributed by atoms with Crippen molar-refractivity contribution in [1.82, 2.24) is 35.1 Å². The second kappa shape index (κ2) is 10.1. The Hall–Kier alpha value is -3.39. The van der Waals surface area contributed by atoms with Crippen LogP contribution in [-0.4, -0.2) is 35.1 Å². The molecule has 4 aromatic rings. The first-order valence-electron chi connectivity index (χ1n) is 12.3. The van der Waals surface area contributed by atoms with Gasteiger partial charge in [0.2, 0.25) is 0 Å². The highest BCUT2D eigenvalue weighted by Gasteiger charge is 2.31. The Kier molecular flexibility index (Phi) is 7.12. The molecule has 0 unspecified atom stereocenters. The third kappa shape index (κ3) is 5.03. The number of aromatic nitrogens is 6. The average molecular weight is 474 g/mol. The van der Waals surface area contributed by atoms with Gasteiger partial charge in [0.25, 0.3) is 5.56 Å². The Morgan fingerprint density at radius 2 is 1.94 bits per heavy atom. The lowest BCUT2D eigenvalue weighted by atomic mass is 10.0. The zero-order valence-corrected chi connectivity index (χ0v) is 21.5. The summed E-state index contributed by atoms with van der Waals surface area (Å²) in [6.45, 7) is 13.7. The molecule has 3 aromatic heterocycles. The topological polar surface area (TPSA) is 92.6 Å². The number of hydrogen-bond acceptors (Lipinski definition) is 6. The van der Waals surface area contributed by atoms with Crippen LogP contribution in [0.25, 0.3) is 10.9 Å². The Bertz CT molecular complexity index is 1360. The van der Waals surface area contributed by atoms with Crippen molar-refractivity contribution in [3.8, 4) is 0 Å². The summed E-state index contributed by atoms with van der Waals surface area (Å²) >= 11 is 0. The maximum absolute atomic E-state index is 13.2. The molecule has 4 rings (SSSR count). The first-order valence-corrected chi connectivity index (χ1v) is 12.3. The molecule has 0 amide bonds. The van der Waals surface area contributed by atoms with E-state index in [0.29, 0.717) is 13.1 Å². The second-order valence-corrected chi connectivity index (χ2v) is 9.90. The molecule has 35 heavy (non-hydrogen) atoms. The monoisotopic (exact) mass is 473 g/mol. The van der Waals surface area contributed by atoms with Crippen LogP contribution in [0.3, 0.4) is 0 Å². The minimum Gasteiger partial charge on any atom is -0.321 e. The zero-order valence-electron chi connectivity index (χ0n) is 21.5. The maximum Gasteiger partial charge on any atom is 0.252 e. The number of aryl methyl sites for hydroxylation is 2. The summed E-state index contributed by atoms with van der Waals surface area (Å²) in [5.41, 5.74) is 4.67. The fourth-order valence-corrected chi connectivity index (χ4v) is 4.50. The summed E-state index contributed by atoms with van der Waals surface area (Å²) < 4.78 is 1.94. The SMILES string of the molecule is CC[C@@H](c1nnnn1C(C)(C)CC)N(Cc1cccnc1)Cc1cc2ccc(C)c(C)c2[nH]c1=O. The third-order valence-corrected chi connectivity index (χ3v) is 7.17. The van der Waals surface area contributed by atoms with Gasteiger partial charge in [0.1, 0.15) is 0 Å². The standard InChI is InChI=1S/C27H35N7O/c1-7-23(25-30-31-32-34(25)27(5,6)8-2)33(16-20-10-9-13-28-15-20)17-22-14-21-12-11-18(3)19(4)24(21)29-26(22)35/h9-15,23H,7-8,16-17H2,1-6H3,(H,29,35)/t23-/m0/s1. The molecular formula is C27H35N7O. The molecule has 1 N–H and O–H groups in total. The highest BCUT2D eigenvalue weighted by Crippen LogP contribution is 2.30. The van der Waals surface area contributed by atoms with E-state index in [1.807, 2.05) is 29.9 Å². The lowest BCUT2D eigenvalue weighted by molar-refractivity contribution is 0.150. The second-order valence-electron chi connectivity index (χ2n) is 9.90. The van der Waals surface area contributed by atoms with Crippen LogP contribution < -0.4 is 5.56 Å². The van der Waals surface area contributed by atoms with Crippen LogP contribution in [0.15, 0.2) is 47.5 Å². The van der Waals surface area contributed by atoms with E-state index < -0.39 is 0 Å². The van der Waals surface area contributed by atoms with E-state index in [4.69, 9.17) is 0 Å². The van der Waals surface area contributed by atoms with Gasteiger partial charge in [-0.3, -0.25) is 14.7 Å². The first kappa shape index (κ1) is 24.7. The molecule has 184 valence electrons. The number of H-pyrrole nitrogens is 1. The smallest absolute Gasteiger partial charge is 0.252 e. The Morgan fingerprint density at radius 1 is 1.14 bits per heavy atom. The highest BCUT2D eigenvalue weighted by molar-refractivity contribution is 5.83. The van der Waals surface area contributed by atoms with Crippen molar-refractivity contribution < 1.29 is 0 Å². The van der Waals surface area contributed by atoms with Gasteiger partial charge >= 0.3 is 0 Å². The summed E-state index contributed by atoms with van der Waals surface area (Å²) in [5.74, 6) is 0.812. The average Bonchev–Trinajstić information content (AvgIpc) is 3.34. The van der Waals surface area contributed by atoms with Crippen LogP contribution >= 0.6 is 0 Å². The van der Waals surface area contributed by atoms with Gasteiger partial charge in [0.15, 0.2) is 5.82 Å². The molecule has 0 saturated carbocycles. The molecule has 1 atom stereocenters. The van der Waals surface area contributed by atoms with E-state index in [-0.39, 0.29) is 17.1 Å². The molecule has 0 spiro atoms. The third-order valence-electron chi connectivity index (χ3n) is 7.17. The number of nitrogens with one attached hydrogen (secondary N) is 1. The predicted molar refractivity (Wildman–Crippen MR) is 138 cm³/mol. The van der Waals surface area contributed by atoms with E-state index in [9.17, 15) is 4.79 Å². The van der Waals surface area contributed by atoms with Gasteiger partial charge in [-0.2, -0.15) is 0 Å². The van der Waals surface area contributed by atoms with Crippen molar-refractivity contribution in [3.63, 3.8) is 0 Å². The Morgan fingerprint density at radius 3 is 2.63 bits per heavy atom. The number of rotatable bonds is 9. The van der Waals surface area contributed by atoms with Crippen molar-refractivity contribution in [2.75, 3.05) is 0 Å². The summed E-state index contributed by atoms with van der Waals surface area (Å²) in [7, 11) is 0. The molecule has 0 aliphatic carbocycles. The van der Waals surface area contributed by atoms with Crippen molar-refractivity contribution >= 4 is 10.9 Å². The fraction of sp³-hybridized carbons (Fsp3) is 0.444. The number of fused-ring (bicyclic) bond motifs is 1. The summed E-state index contributed by atoms with van der Waals surface area (Å²) in [6, 6.07) is 10.1. The molecule has 1 aromatic carbocycles. The van der Waals surface area contributed by atoms with E-state index in [0.717, 1.165) is 51.8 Å². The zero-order chi connectivity index (χ0) is 25.2. The van der Waals surface area contributed by atoms with Gasteiger partial charge in [-0.05, 0) is 85.2 Å². The molecule has 0 fully saturated rings. The van der Waals surface area contributed by atoms with Gasteiger partial charge in [0, 0.05) is 31.0 Å². The molecule has 8 heteroatoms. The molecule has 0 radical (unpaired) electrons. The van der Waals surface area contributed by atoms with Crippen LogP contribution in [-0.2, 0) is 18.6 Å². The van der Waals surface area contributed by atoms with Gasteiger partial charge in [-0.15, -0.1) is 5.10 Å². The van der Waals surface area contributed by atoms with Crippen LogP contribution in [0.4, 0.5) is 0 Å². The Labute approximate surface area is 206 Å². The largest absolute Gasteiger partial charge is 0.321 e. The van der Waals surface area contributed by atoms with Crippen LogP contribution in [0.1, 0.15) is 74.7 Å². The van der Waals surface area contributed by atoms with Crippen molar-refractivity contribution in [3.05, 3.63) is 81.2 Å². The number of hydrogen-bond donors (Lipinski definition) is 1. The Balaban J connectivity index is 1.78. The molecule has 0 bridgehead atoms. The lowest BCUT2D eigenvalue weighted by Crippen LogP contribution is -2.36. The van der Waals surface area contributed by atoms with E-state index in [2.05, 4.69) is 83.2 Å². The highest BCUT2D eigenvalue weighted by atomic mass is 16.1. The van der Waals surface area contributed by atoms with Gasteiger partial charge < -0.3 is 4.98 Å². The maximum atomic E-state index is 13.2. The molecule has 0 saturated heterocycles. The number of pyridine rings is 2. The van der Waals surface area contributed by atoms with Crippen LogP contribution in [0.5, 0.6) is 0 Å². The van der Waals surface area contributed by atoms with Crippen molar-refractivity contribution in [2.24, 2.45) is 0 Å². The first-order chi connectivity index (χ1) is 16.7. The van der Waals surface area contributed by atoms with Gasteiger partial charge in [-0.25, -0.2) is 4.68 Å². The summed E-state index contributed by atoms with van der Waals surface area (Å²) in [4.78, 5) is 22.9. The molecular weight excluding hydrogens is 438 g/mol. The van der Waals surface area contributed by atoms with E-state index >= 15 is 0 Å². The van der Waals surface area contributed by atoms with Crippen molar-refractivity contribution in [1.29, 1.82) is 0 Å². The van der Waals surface area contributed by atoms with Gasteiger partial charge in [0.05, 0.1) is 17.1 Å². The van der Waals surface area contributed by atoms with Crippen LogP contribution in [0.2, 0.25) is 0 Å².